The van der Waals surface area contributed by atoms with Crippen molar-refractivity contribution in [1.82, 2.24) is 15.3 Å². The average molecular weight is 308 g/mol. The normalized spacial score (nSPS) is 11.8. The molecule has 1 aromatic heterocycles. The molecule has 22 heavy (non-hydrogen) atoms. The highest BCUT2D eigenvalue weighted by Gasteiger charge is 2.22. The average Bonchev–Trinajstić information content (AvgIpc) is 2.33. The smallest absolute Gasteiger partial charge is 0.413 e. The van der Waals surface area contributed by atoms with Gasteiger partial charge in [0.25, 0.3) is 5.91 Å². The summed E-state index contributed by atoms with van der Waals surface area (Å²) in [5, 5.41) is 5.01. The molecule has 0 fully saturated rings. The van der Waals surface area contributed by atoms with Crippen molar-refractivity contribution in [3.05, 3.63) is 17.6 Å². The topological polar surface area (TPSA) is 93.2 Å². The molecule has 1 heterocycles. The van der Waals surface area contributed by atoms with Crippen molar-refractivity contribution in [2.24, 2.45) is 0 Å². The zero-order valence-electron chi connectivity index (χ0n) is 14.2. The van der Waals surface area contributed by atoms with Gasteiger partial charge in [-0.05, 0) is 20.8 Å². The van der Waals surface area contributed by atoms with Crippen LogP contribution in [0, 0.1) is 0 Å². The van der Waals surface area contributed by atoms with Crippen molar-refractivity contribution in [3.63, 3.8) is 0 Å². The Morgan fingerprint density at radius 3 is 2.14 bits per heavy atom. The molecule has 1 aromatic rings. The second-order valence-electron chi connectivity index (χ2n) is 6.92. The lowest BCUT2D eigenvalue weighted by Crippen LogP contribution is -2.29. The molecule has 0 radical (unpaired) electrons. The minimum Gasteiger partial charge on any atom is -0.444 e. The maximum absolute atomic E-state index is 11.8. The highest BCUT2D eigenvalue weighted by molar-refractivity contribution is 5.91. The number of aromatic nitrogens is 2. The van der Waals surface area contributed by atoms with Gasteiger partial charge in [0.05, 0.1) is 5.69 Å². The van der Waals surface area contributed by atoms with E-state index in [2.05, 4.69) is 20.6 Å². The van der Waals surface area contributed by atoms with Crippen molar-refractivity contribution < 1.29 is 14.3 Å². The van der Waals surface area contributed by atoms with Gasteiger partial charge in [0.15, 0.2) is 0 Å². The first-order chi connectivity index (χ1) is 9.92. The first kappa shape index (κ1) is 17.9. The largest absolute Gasteiger partial charge is 0.444 e. The van der Waals surface area contributed by atoms with Gasteiger partial charge in [-0.1, -0.05) is 20.8 Å². The second kappa shape index (κ2) is 6.29. The molecule has 0 bridgehead atoms. The zero-order valence-corrected chi connectivity index (χ0v) is 14.2. The Morgan fingerprint density at radius 2 is 1.68 bits per heavy atom. The van der Waals surface area contributed by atoms with Crippen LogP contribution in [0.5, 0.6) is 0 Å². The van der Waals surface area contributed by atoms with E-state index in [0.717, 1.165) is 0 Å². The summed E-state index contributed by atoms with van der Waals surface area (Å²) < 4.78 is 5.18. The highest BCUT2D eigenvalue weighted by Crippen LogP contribution is 2.22. The van der Waals surface area contributed by atoms with Gasteiger partial charge in [-0.25, -0.2) is 14.8 Å². The molecule has 122 valence electrons. The lowest BCUT2D eigenvalue weighted by molar-refractivity contribution is 0.0634. The molecular formula is C15H24N4O3. The Hall–Kier alpha value is -2.18. The highest BCUT2D eigenvalue weighted by atomic mass is 16.6. The predicted molar refractivity (Wildman–Crippen MR) is 84.0 cm³/mol. The molecule has 2 amide bonds. The van der Waals surface area contributed by atoms with Crippen molar-refractivity contribution >= 4 is 17.8 Å². The molecule has 2 N–H and O–H groups in total. The maximum atomic E-state index is 11.8. The number of amides is 2. The van der Waals surface area contributed by atoms with Crippen LogP contribution in [0.4, 0.5) is 10.6 Å². The molecule has 0 spiro atoms. The van der Waals surface area contributed by atoms with Crippen molar-refractivity contribution in [3.8, 4) is 0 Å². The Morgan fingerprint density at radius 1 is 1.09 bits per heavy atom. The summed E-state index contributed by atoms with van der Waals surface area (Å²) in [6, 6.07) is 1.64. The summed E-state index contributed by atoms with van der Waals surface area (Å²) in [6.45, 7) is 11.2. The Bertz CT molecular complexity index is 571. The molecule has 1 rings (SSSR count). The van der Waals surface area contributed by atoms with E-state index in [0.29, 0.717) is 5.69 Å². The van der Waals surface area contributed by atoms with Crippen LogP contribution in [-0.2, 0) is 10.2 Å². The number of carbonyl (C=O) groups is 2. The molecule has 0 aliphatic carbocycles. The minimum atomic E-state index is -0.631. The monoisotopic (exact) mass is 308 g/mol. The quantitative estimate of drug-likeness (QED) is 0.875. The number of nitrogens with zero attached hydrogens (tertiary/aromatic N) is 2. The number of hydrogen-bond acceptors (Lipinski definition) is 5. The molecule has 0 atom stereocenters. The van der Waals surface area contributed by atoms with Gasteiger partial charge in [0.1, 0.15) is 11.4 Å². The van der Waals surface area contributed by atoms with E-state index in [9.17, 15) is 9.59 Å². The lowest BCUT2D eigenvalue weighted by Gasteiger charge is -2.21. The fourth-order valence-electron chi connectivity index (χ4n) is 1.52. The molecule has 0 aliphatic heterocycles. The Balaban J connectivity index is 3.13. The SMILES string of the molecule is CNC(=O)c1nc(NC(=O)OC(C)(C)C)cc(C(C)(C)C)n1. The van der Waals surface area contributed by atoms with Gasteiger partial charge in [0.2, 0.25) is 5.82 Å². The number of nitrogens with one attached hydrogen (secondary N) is 2. The van der Waals surface area contributed by atoms with Crippen molar-refractivity contribution in [2.45, 2.75) is 52.6 Å². The van der Waals surface area contributed by atoms with E-state index < -0.39 is 17.6 Å². The van der Waals surface area contributed by atoms with Crippen LogP contribution in [0.3, 0.4) is 0 Å². The van der Waals surface area contributed by atoms with E-state index in [1.807, 2.05) is 20.8 Å². The minimum absolute atomic E-state index is 0.000911. The zero-order chi connectivity index (χ0) is 17.1. The molecular weight excluding hydrogens is 284 g/mol. The van der Waals surface area contributed by atoms with Gasteiger partial charge < -0.3 is 10.1 Å². The standard InChI is InChI=1S/C15H24N4O3/c1-14(2,3)9-8-10(18-11(17-9)12(20)16-7)19-13(21)22-15(4,5)6/h8H,1-7H3,(H,16,20)(H,17,18,19,21). The van der Waals surface area contributed by atoms with Crippen LogP contribution in [-0.4, -0.2) is 34.6 Å². The van der Waals surface area contributed by atoms with Crippen LogP contribution < -0.4 is 10.6 Å². The van der Waals surface area contributed by atoms with Crippen LogP contribution in [0.2, 0.25) is 0 Å². The third kappa shape index (κ3) is 5.31. The summed E-state index contributed by atoms with van der Waals surface area (Å²) >= 11 is 0. The third-order valence-corrected chi connectivity index (χ3v) is 2.55. The van der Waals surface area contributed by atoms with Gasteiger partial charge in [-0.15, -0.1) is 0 Å². The van der Waals surface area contributed by atoms with Gasteiger partial charge in [-0.2, -0.15) is 0 Å². The number of carbonyl (C=O) groups excluding carboxylic acids is 2. The first-order valence-electron chi connectivity index (χ1n) is 7.04. The number of hydrogen-bond donors (Lipinski definition) is 2. The molecule has 7 nitrogen and oxygen atoms in total. The molecule has 7 heteroatoms. The Kier molecular flexibility index (Phi) is 5.11. The van der Waals surface area contributed by atoms with Crippen LogP contribution >= 0.6 is 0 Å². The van der Waals surface area contributed by atoms with Gasteiger partial charge in [0, 0.05) is 18.5 Å². The Labute approximate surface area is 130 Å². The van der Waals surface area contributed by atoms with E-state index in [1.165, 1.54) is 7.05 Å². The fraction of sp³-hybridized carbons (Fsp3) is 0.600. The van der Waals surface area contributed by atoms with Gasteiger partial charge in [-0.3, -0.25) is 10.1 Å². The fourth-order valence-corrected chi connectivity index (χ4v) is 1.52. The maximum Gasteiger partial charge on any atom is 0.413 e. The summed E-state index contributed by atoms with van der Waals surface area (Å²) in [4.78, 5) is 31.9. The molecule has 0 aliphatic rings. The third-order valence-electron chi connectivity index (χ3n) is 2.55. The first-order valence-corrected chi connectivity index (χ1v) is 7.04. The summed E-state index contributed by atoms with van der Waals surface area (Å²) in [5.74, 6) is -0.188. The van der Waals surface area contributed by atoms with Crippen LogP contribution in [0.1, 0.15) is 57.9 Å². The van der Waals surface area contributed by atoms with Crippen molar-refractivity contribution in [2.75, 3.05) is 12.4 Å². The summed E-state index contributed by atoms with van der Waals surface area (Å²) in [6.07, 6.45) is -0.631. The van der Waals surface area contributed by atoms with E-state index in [1.54, 1.807) is 26.8 Å². The predicted octanol–water partition coefficient (Wildman–Crippen LogP) is 2.48. The summed E-state index contributed by atoms with van der Waals surface area (Å²) in [7, 11) is 1.50. The molecule has 0 unspecified atom stereocenters. The lowest BCUT2D eigenvalue weighted by atomic mass is 9.92. The van der Waals surface area contributed by atoms with E-state index in [-0.39, 0.29) is 17.1 Å². The van der Waals surface area contributed by atoms with E-state index in [4.69, 9.17) is 4.74 Å². The van der Waals surface area contributed by atoms with Crippen LogP contribution in [0.15, 0.2) is 6.07 Å². The van der Waals surface area contributed by atoms with Gasteiger partial charge >= 0.3 is 6.09 Å². The molecule has 0 saturated carbocycles. The second-order valence-corrected chi connectivity index (χ2v) is 6.92. The van der Waals surface area contributed by atoms with E-state index >= 15 is 0 Å². The molecule has 0 saturated heterocycles. The molecule has 0 aromatic carbocycles. The van der Waals surface area contributed by atoms with Crippen molar-refractivity contribution in [1.29, 1.82) is 0 Å². The number of ether oxygens (including phenoxy) is 1. The number of anilines is 1. The van der Waals surface area contributed by atoms with Crippen LogP contribution in [0.25, 0.3) is 0 Å². The number of rotatable bonds is 2. The summed E-state index contributed by atoms with van der Waals surface area (Å²) in [5.41, 5.74) is -0.268.